The molecule has 1 aromatic carbocycles. The number of aryl methyl sites for hydroxylation is 1. The molecule has 0 spiro atoms. The summed E-state index contributed by atoms with van der Waals surface area (Å²) in [6.45, 7) is 3.79. The zero-order valence-corrected chi connectivity index (χ0v) is 11.8. The molecule has 0 unspecified atom stereocenters. The highest BCUT2D eigenvalue weighted by atomic mass is 35.5. The number of furan rings is 1. The number of anilines is 1. The molecule has 20 heavy (non-hydrogen) atoms. The first-order valence-corrected chi connectivity index (χ1v) is 7.03. The minimum absolute atomic E-state index is 0.688. The largest absolute Gasteiger partial charge is 0.450 e. The maximum atomic E-state index is 6.08. The van der Waals surface area contributed by atoms with Crippen LogP contribution in [0.25, 0.3) is 22.1 Å². The van der Waals surface area contributed by atoms with E-state index in [1.165, 1.54) is 0 Å². The molecule has 1 aliphatic heterocycles. The average Bonchev–Trinajstić information content (AvgIpc) is 3.05. The second-order valence-electron chi connectivity index (χ2n) is 5.04. The van der Waals surface area contributed by atoms with E-state index in [-0.39, 0.29) is 0 Å². The summed E-state index contributed by atoms with van der Waals surface area (Å²) >= 11 is 6.08. The summed E-state index contributed by atoms with van der Waals surface area (Å²) in [4.78, 5) is 11.3. The molecule has 5 heteroatoms. The van der Waals surface area contributed by atoms with Gasteiger partial charge in [0.05, 0.1) is 0 Å². The second kappa shape index (κ2) is 4.35. The number of hydrogen-bond acceptors (Lipinski definition) is 4. The Morgan fingerprint density at radius 1 is 1.30 bits per heavy atom. The average molecular weight is 287 g/mol. The van der Waals surface area contributed by atoms with E-state index >= 15 is 0 Å². The van der Waals surface area contributed by atoms with Gasteiger partial charge in [-0.15, -0.1) is 0 Å². The minimum atomic E-state index is 0.688. The van der Waals surface area contributed by atoms with Crippen molar-refractivity contribution in [1.82, 2.24) is 9.97 Å². The van der Waals surface area contributed by atoms with Crippen molar-refractivity contribution < 1.29 is 4.42 Å². The molecular formula is C15H13ClN3O. The van der Waals surface area contributed by atoms with Crippen LogP contribution < -0.4 is 4.90 Å². The van der Waals surface area contributed by atoms with Crippen LogP contribution in [0.5, 0.6) is 0 Å². The van der Waals surface area contributed by atoms with Crippen LogP contribution in [-0.4, -0.2) is 23.1 Å². The van der Waals surface area contributed by atoms with Gasteiger partial charge in [0.1, 0.15) is 16.9 Å². The molecule has 4 rings (SSSR count). The molecule has 2 aromatic heterocycles. The number of benzene rings is 1. The van der Waals surface area contributed by atoms with Crippen molar-refractivity contribution in [2.24, 2.45) is 0 Å². The van der Waals surface area contributed by atoms with Gasteiger partial charge in [0.15, 0.2) is 11.4 Å². The lowest BCUT2D eigenvalue weighted by Crippen LogP contribution is -2.19. The number of rotatable bonds is 1. The van der Waals surface area contributed by atoms with Gasteiger partial charge in [-0.25, -0.2) is 9.97 Å². The summed E-state index contributed by atoms with van der Waals surface area (Å²) in [6.07, 6.45) is 3.33. The molecule has 1 saturated heterocycles. The predicted octanol–water partition coefficient (Wildman–Crippen LogP) is 3.75. The van der Waals surface area contributed by atoms with Crippen molar-refractivity contribution >= 4 is 39.5 Å². The first-order valence-electron chi connectivity index (χ1n) is 6.65. The standard InChI is InChI=1S/C15H13ClN3O/c1-9-17-13-11-8-10(16)4-5-12(11)20-14(13)15(18-9)19-6-2-3-7-19/h2,4-5,8H,3,6-7H2,1H3. The van der Waals surface area contributed by atoms with Crippen LogP contribution in [-0.2, 0) is 0 Å². The smallest absolute Gasteiger partial charge is 0.196 e. The van der Waals surface area contributed by atoms with E-state index in [4.69, 9.17) is 16.0 Å². The molecule has 1 fully saturated rings. The van der Waals surface area contributed by atoms with Crippen molar-refractivity contribution in [1.29, 1.82) is 0 Å². The van der Waals surface area contributed by atoms with Crippen LogP contribution in [0.3, 0.4) is 0 Å². The van der Waals surface area contributed by atoms with Gasteiger partial charge in [-0.3, -0.25) is 0 Å². The van der Waals surface area contributed by atoms with Crippen LogP contribution in [0.1, 0.15) is 12.2 Å². The third kappa shape index (κ3) is 1.75. The van der Waals surface area contributed by atoms with Gasteiger partial charge in [0.2, 0.25) is 0 Å². The summed E-state index contributed by atoms with van der Waals surface area (Å²) in [5, 5.41) is 1.63. The van der Waals surface area contributed by atoms with Gasteiger partial charge in [0, 0.05) is 23.5 Å². The molecule has 0 amide bonds. The Labute approximate surface area is 121 Å². The van der Waals surface area contributed by atoms with Gasteiger partial charge >= 0.3 is 0 Å². The number of fused-ring (bicyclic) bond motifs is 3. The highest BCUT2D eigenvalue weighted by Gasteiger charge is 2.21. The fourth-order valence-electron chi connectivity index (χ4n) is 2.70. The summed E-state index contributed by atoms with van der Waals surface area (Å²) < 4.78 is 5.97. The summed E-state index contributed by atoms with van der Waals surface area (Å²) in [7, 11) is 0. The van der Waals surface area contributed by atoms with Gasteiger partial charge < -0.3 is 9.32 Å². The molecule has 0 aliphatic carbocycles. The number of aromatic nitrogens is 2. The van der Waals surface area contributed by atoms with E-state index in [1.54, 1.807) is 0 Å². The zero-order valence-electron chi connectivity index (χ0n) is 11.1. The first-order chi connectivity index (χ1) is 9.72. The molecule has 3 aromatic rings. The molecular weight excluding hydrogens is 274 g/mol. The van der Waals surface area contributed by atoms with Crippen molar-refractivity contribution in [2.75, 3.05) is 18.0 Å². The Morgan fingerprint density at radius 2 is 2.20 bits per heavy atom. The molecule has 101 valence electrons. The molecule has 0 atom stereocenters. The SMILES string of the molecule is Cc1nc(N2C[CH]CC2)c2oc3ccc(Cl)cc3c2n1. The Balaban J connectivity index is 2.06. The minimum Gasteiger partial charge on any atom is -0.450 e. The third-order valence-electron chi connectivity index (χ3n) is 3.62. The molecule has 0 N–H and O–H groups in total. The first kappa shape index (κ1) is 12.0. The lowest BCUT2D eigenvalue weighted by Gasteiger charge is -2.16. The van der Waals surface area contributed by atoms with E-state index in [1.807, 2.05) is 25.1 Å². The molecule has 1 radical (unpaired) electrons. The fourth-order valence-corrected chi connectivity index (χ4v) is 2.87. The second-order valence-corrected chi connectivity index (χ2v) is 5.47. The molecule has 0 bridgehead atoms. The molecule has 0 saturated carbocycles. The summed E-state index contributed by atoms with van der Waals surface area (Å²) in [5.74, 6) is 1.63. The van der Waals surface area contributed by atoms with Crippen molar-refractivity contribution in [2.45, 2.75) is 13.3 Å². The quantitative estimate of drug-likeness (QED) is 0.683. The van der Waals surface area contributed by atoms with Crippen LogP contribution >= 0.6 is 11.6 Å². The Morgan fingerprint density at radius 3 is 3.00 bits per heavy atom. The van der Waals surface area contributed by atoms with Gasteiger partial charge in [-0.05, 0) is 38.0 Å². The Bertz CT molecular complexity index is 806. The third-order valence-corrected chi connectivity index (χ3v) is 3.86. The van der Waals surface area contributed by atoms with E-state index in [2.05, 4.69) is 21.3 Å². The van der Waals surface area contributed by atoms with Gasteiger partial charge in [-0.2, -0.15) is 0 Å². The highest BCUT2D eigenvalue weighted by molar-refractivity contribution is 6.31. The molecule has 1 aliphatic rings. The van der Waals surface area contributed by atoms with Gasteiger partial charge in [0.25, 0.3) is 0 Å². The van der Waals surface area contributed by atoms with E-state index in [0.717, 1.165) is 53.2 Å². The molecule has 3 heterocycles. The van der Waals surface area contributed by atoms with Crippen LogP contribution in [0.2, 0.25) is 5.02 Å². The maximum Gasteiger partial charge on any atom is 0.196 e. The Hall–Kier alpha value is -1.81. The summed E-state index contributed by atoms with van der Waals surface area (Å²) in [5.41, 5.74) is 2.40. The van der Waals surface area contributed by atoms with Crippen LogP contribution in [0.15, 0.2) is 22.6 Å². The normalized spacial score (nSPS) is 15.6. The topological polar surface area (TPSA) is 42.2 Å². The fraction of sp³-hybridized carbons (Fsp3) is 0.267. The van der Waals surface area contributed by atoms with Crippen LogP contribution in [0, 0.1) is 13.3 Å². The number of halogens is 1. The zero-order chi connectivity index (χ0) is 13.7. The maximum absolute atomic E-state index is 6.08. The van der Waals surface area contributed by atoms with E-state index < -0.39 is 0 Å². The number of hydrogen-bond donors (Lipinski definition) is 0. The molecule has 4 nitrogen and oxygen atoms in total. The lowest BCUT2D eigenvalue weighted by atomic mass is 10.2. The lowest BCUT2D eigenvalue weighted by molar-refractivity contribution is 0.662. The highest BCUT2D eigenvalue weighted by Crippen LogP contribution is 2.35. The summed E-state index contributed by atoms with van der Waals surface area (Å²) in [6, 6.07) is 5.61. The van der Waals surface area contributed by atoms with Crippen molar-refractivity contribution in [3.63, 3.8) is 0 Å². The van der Waals surface area contributed by atoms with E-state index in [0.29, 0.717) is 5.02 Å². The number of nitrogens with zero attached hydrogens (tertiary/aromatic N) is 3. The van der Waals surface area contributed by atoms with E-state index in [9.17, 15) is 0 Å². The Kier molecular flexibility index (Phi) is 2.60. The van der Waals surface area contributed by atoms with Gasteiger partial charge in [-0.1, -0.05) is 11.6 Å². The predicted molar refractivity (Wildman–Crippen MR) is 80.2 cm³/mol. The van der Waals surface area contributed by atoms with Crippen molar-refractivity contribution in [3.05, 3.63) is 35.5 Å². The monoisotopic (exact) mass is 286 g/mol. The van der Waals surface area contributed by atoms with Crippen molar-refractivity contribution in [3.8, 4) is 0 Å². The van der Waals surface area contributed by atoms with Crippen LogP contribution in [0.4, 0.5) is 5.82 Å².